The van der Waals surface area contributed by atoms with E-state index in [0.717, 1.165) is 7.11 Å². The molecule has 0 fully saturated rings. The quantitative estimate of drug-likeness (QED) is 0.639. The zero-order chi connectivity index (χ0) is 12.1. The summed E-state index contributed by atoms with van der Waals surface area (Å²) in [7, 11) is 1.11. The van der Waals surface area contributed by atoms with Crippen LogP contribution < -0.4 is 11.1 Å². The Morgan fingerprint density at radius 2 is 2.00 bits per heavy atom. The molecule has 1 atom stereocenters. The number of esters is 1. The molecule has 0 aromatic carbocycles. The lowest BCUT2D eigenvalue weighted by molar-refractivity contribution is -0.173. The summed E-state index contributed by atoms with van der Waals surface area (Å²) in [5.74, 6) is -2.80. The van der Waals surface area contributed by atoms with E-state index in [1.807, 2.05) is 0 Å². The first-order valence-electron chi connectivity index (χ1n) is 3.97. The van der Waals surface area contributed by atoms with Gasteiger partial charge >= 0.3 is 18.1 Å². The van der Waals surface area contributed by atoms with Crippen LogP contribution in [0.2, 0.25) is 0 Å². The second kappa shape index (κ2) is 5.54. The molecule has 5 nitrogen and oxygen atoms in total. The van der Waals surface area contributed by atoms with E-state index >= 15 is 0 Å². The summed E-state index contributed by atoms with van der Waals surface area (Å²) in [6.45, 7) is -0.339. The van der Waals surface area contributed by atoms with Crippen molar-refractivity contribution in [1.29, 1.82) is 0 Å². The number of nitrogens with one attached hydrogen (secondary N) is 1. The van der Waals surface area contributed by atoms with Gasteiger partial charge in [-0.1, -0.05) is 0 Å². The van der Waals surface area contributed by atoms with Gasteiger partial charge in [-0.2, -0.15) is 13.2 Å². The van der Waals surface area contributed by atoms with Crippen molar-refractivity contribution in [2.45, 2.75) is 18.6 Å². The highest BCUT2D eigenvalue weighted by Crippen LogP contribution is 2.13. The summed E-state index contributed by atoms with van der Waals surface area (Å²) < 4.78 is 39.2. The zero-order valence-electron chi connectivity index (χ0n) is 7.93. The number of rotatable bonds is 4. The predicted octanol–water partition coefficient (Wildman–Crippen LogP) is -0.445. The number of carbonyl (C=O) groups is 2. The average Bonchev–Trinajstić information content (AvgIpc) is 2.14. The van der Waals surface area contributed by atoms with Gasteiger partial charge in [-0.25, -0.2) is 0 Å². The van der Waals surface area contributed by atoms with Crippen molar-refractivity contribution < 1.29 is 27.5 Å². The van der Waals surface area contributed by atoms with Crippen molar-refractivity contribution in [3.8, 4) is 0 Å². The first-order valence-corrected chi connectivity index (χ1v) is 3.97. The van der Waals surface area contributed by atoms with Crippen LogP contribution in [0.3, 0.4) is 0 Å². The molecule has 0 aliphatic carbocycles. The van der Waals surface area contributed by atoms with Crippen LogP contribution in [-0.4, -0.2) is 37.7 Å². The molecule has 0 bridgehead atoms. The molecule has 1 amide bonds. The molecular weight excluding hydrogens is 217 g/mol. The Bertz CT molecular complexity index is 242. The van der Waals surface area contributed by atoms with Gasteiger partial charge in [-0.15, -0.1) is 0 Å². The van der Waals surface area contributed by atoms with E-state index in [-0.39, 0.29) is 13.0 Å². The maximum Gasteiger partial charge on any atom is 0.471 e. The third kappa shape index (κ3) is 5.21. The summed E-state index contributed by atoms with van der Waals surface area (Å²) in [5, 5.41) is 1.58. The Balaban J connectivity index is 3.81. The van der Waals surface area contributed by atoms with Gasteiger partial charge < -0.3 is 15.8 Å². The van der Waals surface area contributed by atoms with E-state index in [1.54, 1.807) is 5.32 Å². The third-order valence-corrected chi connectivity index (χ3v) is 1.50. The molecule has 0 heterocycles. The van der Waals surface area contributed by atoms with Gasteiger partial charge in [-0.05, 0) is 6.42 Å². The number of halogens is 3. The molecule has 8 heteroatoms. The highest BCUT2D eigenvalue weighted by Gasteiger charge is 2.38. The van der Waals surface area contributed by atoms with Gasteiger partial charge in [0.05, 0.1) is 7.11 Å². The van der Waals surface area contributed by atoms with Crippen LogP contribution in [0.25, 0.3) is 0 Å². The molecule has 15 heavy (non-hydrogen) atoms. The van der Waals surface area contributed by atoms with Gasteiger partial charge in [0.2, 0.25) is 0 Å². The van der Waals surface area contributed by atoms with Crippen molar-refractivity contribution in [3.05, 3.63) is 0 Å². The van der Waals surface area contributed by atoms with E-state index in [9.17, 15) is 22.8 Å². The Labute approximate surface area is 83.8 Å². The van der Waals surface area contributed by atoms with Crippen LogP contribution in [0.4, 0.5) is 13.2 Å². The zero-order valence-corrected chi connectivity index (χ0v) is 7.93. The molecule has 0 radical (unpaired) electrons. The van der Waals surface area contributed by atoms with Crippen molar-refractivity contribution >= 4 is 11.9 Å². The maximum absolute atomic E-state index is 11.7. The maximum atomic E-state index is 11.7. The first kappa shape index (κ1) is 13.7. The number of carbonyl (C=O) groups excluding carboxylic acids is 2. The smallest absolute Gasteiger partial charge is 0.468 e. The number of ether oxygens (including phenoxy) is 1. The van der Waals surface area contributed by atoms with Gasteiger partial charge in [0, 0.05) is 6.54 Å². The Morgan fingerprint density at radius 3 is 2.40 bits per heavy atom. The van der Waals surface area contributed by atoms with Crippen LogP contribution >= 0.6 is 0 Å². The molecule has 0 aromatic rings. The molecule has 0 saturated heterocycles. The lowest BCUT2D eigenvalue weighted by Gasteiger charge is -2.10. The van der Waals surface area contributed by atoms with Crippen LogP contribution in [0.5, 0.6) is 0 Å². The van der Waals surface area contributed by atoms with Crippen LogP contribution in [0.1, 0.15) is 6.42 Å². The molecule has 0 rings (SSSR count). The fourth-order valence-electron chi connectivity index (χ4n) is 0.711. The van der Waals surface area contributed by atoms with Crippen molar-refractivity contribution in [3.63, 3.8) is 0 Å². The number of hydrogen-bond acceptors (Lipinski definition) is 4. The van der Waals surface area contributed by atoms with Crippen molar-refractivity contribution in [2.75, 3.05) is 13.7 Å². The lowest BCUT2D eigenvalue weighted by Crippen LogP contribution is -2.40. The fourth-order valence-corrected chi connectivity index (χ4v) is 0.711. The summed E-state index contributed by atoms with van der Waals surface area (Å²) >= 11 is 0. The Kier molecular flexibility index (Phi) is 5.06. The predicted molar refractivity (Wildman–Crippen MR) is 43.7 cm³/mol. The molecule has 0 unspecified atom stereocenters. The van der Waals surface area contributed by atoms with E-state index in [4.69, 9.17) is 5.73 Å². The molecule has 0 aliphatic heterocycles. The summed E-state index contributed by atoms with van der Waals surface area (Å²) in [6.07, 6.45) is -5.04. The number of amides is 1. The first-order chi connectivity index (χ1) is 6.79. The standard InChI is InChI=1S/C7H11F3N2O3/c1-15-5(13)4(11)2-3-12-6(14)7(8,9)10/h4H,2-3,11H2,1H3,(H,12,14)/t4-/m1/s1. The highest BCUT2D eigenvalue weighted by atomic mass is 19.4. The van der Waals surface area contributed by atoms with Gasteiger partial charge in [0.15, 0.2) is 0 Å². The second-order valence-electron chi connectivity index (χ2n) is 2.67. The topological polar surface area (TPSA) is 81.4 Å². The summed E-state index contributed by atoms with van der Waals surface area (Å²) in [6, 6.07) is -1.04. The van der Waals surface area contributed by atoms with E-state index < -0.39 is 24.1 Å². The Hall–Kier alpha value is -1.31. The molecule has 0 saturated carbocycles. The van der Waals surface area contributed by atoms with Crippen molar-refractivity contribution in [2.24, 2.45) is 5.73 Å². The molecule has 0 spiro atoms. The van der Waals surface area contributed by atoms with Crippen LogP contribution in [-0.2, 0) is 14.3 Å². The number of alkyl halides is 3. The molecule has 88 valence electrons. The van der Waals surface area contributed by atoms with Crippen LogP contribution in [0.15, 0.2) is 0 Å². The highest BCUT2D eigenvalue weighted by molar-refractivity contribution is 5.81. The van der Waals surface area contributed by atoms with Gasteiger partial charge in [0.25, 0.3) is 0 Å². The SMILES string of the molecule is COC(=O)[C@H](N)CCNC(=O)C(F)(F)F. The number of nitrogens with two attached hydrogens (primary N) is 1. The molecule has 0 aliphatic rings. The second-order valence-corrected chi connectivity index (χ2v) is 2.67. The summed E-state index contributed by atoms with van der Waals surface area (Å²) in [5.41, 5.74) is 5.22. The molecular formula is C7H11F3N2O3. The van der Waals surface area contributed by atoms with E-state index in [2.05, 4.69) is 4.74 Å². The fraction of sp³-hybridized carbons (Fsp3) is 0.714. The van der Waals surface area contributed by atoms with E-state index in [0.29, 0.717) is 0 Å². The van der Waals surface area contributed by atoms with Gasteiger partial charge in [-0.3, -0.25) is 9.59 Å². The minimum absolute atomic E-state index is 0.117. The minimum Gasteiger partial charge on any atom is -0.468 e. The minimum atomic E-state index is -4.92. The lowest BCUT2D eigenvalue weighted by atomic mass is 10.2. The van der Waals surface area contributed by atoms with Crippen LogP contribution in [0, 0.1) is 0 Å². The van der Waals surface area contributed by atoms with Gasteiger partial charge in [0.1, 0.15) is 6.04 Å². The largest absolute Gasteiger partial charge is 0.471 e. The number of hydrogen-bond donors (Lipinski definition) is 2. The Morgan fingerprint density at radius 1 is 1.47 bits per heavy atom. The van der Waals surface area contributed by atoms with E-state index in [1.165, 1.54) is 0 Å². The normalized spacial score (nSPS) is 13.1. The summed E-state index contributed by atoms with van der Waals surface area (Å²) in [4.78, 5) is 21.0. The third-order valence-electron chi connectivity index (χ3n) is 1.50. The molecule has 3 N–H and O–H groups in total. The number of methoxy groups -OCH3 is 1. The molecule has 0 aromatic heterocycles. The van der Waals surface area contributed by atoms with Crippen molar-refractivity contribution in [1.82, 2.24) is 5.32 Å². The monoisotopic (exact) mass is 228 g/mol. The average molecular weight is 228 g/mol.